The topological polar surface area (TPSA) is 104 Å². The first-order chi connectivity index (χ1) is 19.2. The van der Waals surface area contributed by atoms with E-state index in [2.05, 4.69) is 19.6 Å². The number of epoxide rings is 1. The van der Waals surface area contributed by atoms with Crippen molar-refractivity contribution in [2.24, 2.45) is 5.92 Å². The number of aliphatic hydroxyl groups excluding tert-OH is 1. The van der Waals surface area contributed by atoms with Crippen LogP contribution in [0.1, 0.15) is 65.7 Å². The minimum Gasteiger partial charge on any atom is -0.455 e. The molecule has 1 unspecified atom stereocenters. The van der Waals surface area contributed by atoms with Gasteiger partial charge >= 0.3 is 11.9 Å². The van der Waals surface area contributed by atoms with E-state index in [1.165, 1.54) is 18.6 Å². The summed E-state index contributed by atoms with van der Waals surface area (Å²) in [5.74, 6) is -0.665. The number of cyclic esters (lactones) is 1. The predicted octanol–water partition coefficient (Wildman–Crippen LogP) is 4.68. The van der Waals surface area contributed by atoms with Gasteiger partial charge in [0.1, 0.15) is 12.2 Å². The van der Waals surface area contributed by atoms with Gasteiger partial charge in [0, 0.05) is 19.4 Å². The third-order valence-electron chi connectivity index (χ3n) is 7.72. The molecule has 0 aromatic heterocycles. The zero-order valence-electron chi connectivity index (χ0n) is 23.9. The SMILES string of the molecule is C=C1C[C@H](C)C[C@@H]2CC=C[C@@H](C/C=C\C(=O)O[C@H]([C@H](/C=C/[C@@H]3CC(C)=CCO3)OC(C)=O)C[C@@H]3OC3[C@@H](O)C1)O2. The van der Waals surface area contributed by atoms with E-state index in [-0.39, 0.29) is 30.8 Å². The number of hydrogen-bond donors (Lipinski definition) is 1. The number of hydrogen-bond acceptors (Lipinski definition) is 8. The Bertz CT molecular complexity index is 1030. The Morgan fingerprint density at radius 2 is 2.00 bits per heavy atom. The van der Waals surface area contributed by atoms with Crippen molar-refractivity contribution in [1.29, 1.82) is 0 Å². The molecule has 4 rings (SSSR count). The van der Waals surface area contributed by atoms with Gasteiger partial charge in [-0.3, -0.25) is 4.79 Å². The van der Waals surface area contributed by atoms with E-state index in [9.17, 15) is 14.7 Å². The zero-order chi connectivity index (χ0) is 28.6. The molecular formula is C32H44O8. The maximum absolute atomic E-state index is 12.9. The van der Waals surface area contributed by atoms with Crippen molar-refractivity contribution in [3.63, 3.8) is 0 Å². The summed E-state index contributed by atoms with van der Waals surface area (Å²) in [7, 11) is 0. The highest BCUT2D eigenvalue weighted by Gasteiger charge is 2.47. The molecule has 0 spiro atoms. The van der Waals surface area contributed by atoms with Crippen molar-refractivity contribution in [3.8, 4) is 0 Å². The van der Waals surface area contributed by atoms with Gasteiger partial charge in [0.05, 0.1) is 37.1 Å². The largest absolute Gasteiger partial charge is 0.455 e. The summed E-state index contributed by atoms with van der Waals surface area (Å²) in [6.07, 6.45) is 14.2. The van der Waals surface area contributed by atoms with Crippen molar-refractivity contribution in [1.82, 2.24) is 0 Å². The molecule has 4 heterocycles. The molecule has 40 heavy (non-hydrogen) atoms. The van der Waals surface area contributed by atoms with Gasteiger partial charge in [-0.25, -0.2) is 4.79 Å². The van der Waals surface area contributed by atoms with Crippen molar-refractivity contribution in [3.05, 3.63) is 60.3 Å². The molecule has 0 aromatic carbocycles. The van der Waals surface area contributed by atoms with E-state index in [0.29, 0.717) is 25.4 Å². The summed E-state index contributed by atoms with van der Waals surface area (Å²) < 4.78 is 29.3. The van der Waals surface area contributed by atoms with Gasteiger partial charge in [-0.2, -0.15) is 0 Å². The lowest BCUT2D eigenvalue weighted by Gasteiger charge is -2.28. The standard InChI is InChI=1S/C32H44O8/c1-20-13-14-36-25(16-20)11-12-28(37-23(4)33)29-19-30-32(40-30)27(34)18-22(3)15-21(2)17-26-9-5-7-24(38-26)8-6-10-31(35)39-29/h5-7,10-13,21,24-30,32,34H,3,8-9,14-19H2,1-2,4H3/b10-6-,12-11+/t21-,24-,25+,26-,27-,28-,29-,30-,32?/m0/s1. The van der Waals surface area contributed by atoms with Crippen molar-refractivity contribution < 1.29 is 38.4 Å². The minimum absolute atomic E-state index is 0.103. The Hall–Kier alpha value is -2.52. The second kappa shape index (κ2) is 14.4. The molecule has 0 radical (unpaired) electrons. The van der Waals surface area contributed by atoms with Crippen LogP contribution in [0.3, 0.4) is 0 Å². The second-order valence-corrected chi connectivity index (χ2v) is 11.6. The average Bonchev–Trinajstić information content (AvgIpc) is 3.65. The Morgan fingerprint density at radius 3 is 2.77 bits per heavy atom. The molecule has 9 atom stereocenters. The fourth-order valence-electron chi connectivity index (χ4n) is 5.75. The highest BCUT2D eigenvalue weighted by Crippen LogP contribution is 2.35. The summed E-state index contributed by atoms with van der Waals surface area (Å²) in [5, 5.41) is 10.9. The van der Waals surface area contributed by atoms with Crippen LogP contribution in [0.25, 0.3) is 0 Å². The Morgan fingerprint density at radius 1 is 1.18 bits per heavy atom. The van der Waals surface area contributed by atoms with Crippen LogP contribution >= 0.6 is 0 Å². The Labute approximate surface area is 237 Å². The Kier molecular flexibility index (Phi) is 11.0. The third-order valence-corrected chi connectivity index (χ3v) is 7.72. The van der Waals surface area contributed by atoms with Crippen LogP contribution in [0.5, 0.6) is 0 Å². The van der Waals surface area contributed by atoms with Crippen LogP contribution in [0.2, 0.25) is 0 Å². The smallest absolute Gasteiger partial charge is 0.330 e. The summed E-state index contributed by atoms with van der Waals surface area (Å²) >= 11 is 0. The van der Waals surface area contributed by atoms with Gasteiger partial charge < -0.3 is 28.8 Å². The maximum Gasteiger partial charge on any atom is 0.330 e. The van der Waals surface area contributed by atoms with Crippen molar-refractivity contribution >= 4 is 11.9 Å². The van der Waals surface area contributed by atoms with E-state index in [1.807, 2.05) is 25.2 Å². The molecule has 0 saturated carbocycles. The monoisotopic (exact) mass is 556 g/mol. The van der Waals surface area contributed by atoms with Crippen LogP contribution in [-0.2, 0) is 33.3 Å². The number of rotatable bonds is 4. The van der Waals surface area contributed by atoms with Gasteiger partial charge in [-0.05, 0) is 57.4 Å². The lowest BCUT2D eigenvalue weighted by molar-refractivity contribution is -0.160. The highest BCUT2D eigenvalue weighted by atomic mass is 16.6. The number of ether oxygens (including phenoxy) is 5. The first-order valence-corrected chi connectivity index (χ1v) is 14.5. The van der Waals surface area contributed by atoms with Gasteiger partial charge in [0.2, 0.25) is 0 Å². The molecule has 0 aliphatic carbocycles. The molecule has 220 valence electrons. The van der Waals surface area contributed by atoms with Crippen LogP contribution in [0.15, 0.2) is 60.3 Å². The fourth-order valence-corrected chi connectivity index (χ4v) is 5.75. The van der Waals surface area contributed by atoms with Crippen molar-refractivity contribution in [2.45, 2.75) is 115 Å². The summed E-state index contributed by atoms with van der Waals surface area (Å²) in [4.78, 5) is 24.9. The highest BCUT2D eigenvalue weighted by molar-refractivity contribution is 5.82. The molecule has 0 aromatic rings. The molecule has 1 fully saturated rings. The fraction of sp³-hybridized carbons (Fsp3) is 0.625. The normalized spacial score (nSPS) is 37.4. The summed E-state index contributed by atoms with van der Waals surface area (Å²) in [6.45, 7) is 10.3. The zero-order valence-corrected chi connectivity index (χ0v) is 23.9. The summed E-state index contributed by atoms with van der Waals surface area (Å²) in [5.41, 5.74) is 2.20. The molecule has 4 aliphatic rings. The summed E-state index contributed by atoms with van der Waals surface area (Å²) in [6, 6.07) is 0. The first kappa shape index (κ1) is 30.4. The van der Waals surface area contributed by atoms with Crippen molar-refractivity contribution in [2.75, 3.05) is 6.61 Å². The molecule has 0 amide bonds. The minimum atomic E-state index is -0.835. The Balaban J connectivity index is 1.52. The lowest BCUT2D eigenvalue weighted by atomic mass is 9.91. The van der Waals surface area contributed by atoms with Gasteiger partial charge in [-0.15, -0.1) is 0 Å². The lowest BCUT2D eigenvalue weighted by Crippen LogP contribution is -2.35. The second-order valence-electron chi connectivity index (χ2n) is 11.6. The third kappa shape index (κ3) is 9.54. The molecule has 1 saturated heterocycles. The number of carbonyl (C=O) groups excluding carboxylic acids is 2. The maximum atomic E-state index is 12.9. The first-order valence-electron chi connectivity index (χ1n) is 14.5. The van der Waals surface area contributed by atoms with Crippen LogP contribution in [-0.4, -0.2) is 72.5 Å². The van der Waals surface area contributed by atoms with E-state index in [4.69, 9.17) is 23.7 Å². The molecule has 8 heteroatoms. The van der Waals surface area contributed by atoms with Crippen LogP contribution < -0.4 is 0 Å². The number of esters is 2. The molecular weight excluding hydrogens is 512 g/mol. The predicted molar refractivity (Wildman–Crippen MR) is 150 cm³/mol. The molecule has 2 bridgehead atoms. The van der Waals surface area contributed by atoms with E-state index < -0.39 is 36.4 Å². The van der Waals surface area contributed by atoms with Crippen LogP contribution in [0.4, 0.5) is 0 Å². The number of aliphatic hydroxyl groups is 1. The number of carbonyl (C=O) groups is 2. The van der Waals surface area contributed by atoms with Gasteiger partial charge in [-0.1, -0.05) is 55.0 Å². The molecule has 1 N–H and O–H groups in total. The molecule has 8 nitrogen and oxygen atoms in total. The molecule has 4 aliphatic heterocycles. The van der Waals surface area contributed by atoms with Gasteiger partial charge in [0.15, 0.2) is 6.10 Å². The van der Waals surface area contributed by atoms with E-state index in [0.717, 1.165) is 31.3 Å². The quantitative estimate of drug-likeness (QED) is 0.303. The average molecular weight is 557 g/mol. The van der Waals surface area contributed by atoms with E-state index >= 15 is 0 Å². The van der Waals surface area contributed by atoms with Gasteiger partial charge in [0.25, 0.3) is 0 Å². The number of fused-ring (bicyclic) bond motifs is 3. The van der Waals surface area contributed by atoms with Crippen LogP contribution in [0, 0.1) is 5.92 Å². The van der Waals surface area contributed by atoms with E-state index in [1.54, 1.807) is 12.2 Å².